The average Bonchev–Trinajstić information content (AvgIpc) is 2.80. The van der Waals surface area contributed by atoms with Gasteiger partial charge in [-0.3, -0.25) is 4.57 Å². The quantitative estimate of drug-likeness (QED) is 0.575. The number of aromatic nitrogens is 2. The molecule has 0 bridgehead atoms. The van der Waals surface area contributed by atoms with Crippen molar-refractivity contribution in [3.8, 4) is 5.69 Å². The molecular weight excluding hydrogens is 310 g/mol. The minimum Gasteiger partial charge on any atom is -0.294 e. The van der Waals surface area contributed by atoms with Crippen LogP contribution in [0.3, 0.4) is 0 Å². The lowest BCUT2D eigenvalue weighted by atomic mass is 10.2. The summed E-state index contributed by atoms with van der Waals surface area (Å²) in [6.45, 7) is 3.85. The van der Waals surface area contributed by atoms with Gasteiger partial charge in [-0.25, -0.2) is 9.37 Å². The number of halogens is 3. The lowest BCUT2D eigenvalue weighted by molar-refractivity contribution is 0.627. The average molecular weight is 323 g/mol. The monoisotopic (exact) mass is 322 g/mol. The second-order valence-electron chi connectivity index (χ2n) is 4.96. The van der Waals surface area contributed by atoms with Crippen LogP contribution in [-0.4, -0.2) is 9.55 Å². The number of benzene rings is 2. The maximum Gasteiger partial charge on any atom is 0.132 e. The van der Waals surface area contributed by atoms with E-state index in [9.17, 15) is 4.39 Å². The molecule has 2 aromatic carbocycles. The molecule has 0 aliphatic carbocycles. The highest BCUT2D eigenvalue weighted by Crippen LogP contribution is 2.32. The van der Waals surface area contributed by atoms with E-state index in [1.807, 2.05) is 36.6 Å². The largest absolute Gasteiger partial charge is 0.294 e. The smallest absolute Gasteiger partial charge is 0.132 e. The van der Waals surface area contributed by atoms with Crippen LogP contribution in [-0.2, 0) is 0 Å². The van der Waals surface area contributed by atoms with Gasteiger partial charge in [0.1, 0.15) is 11.6 Å². The predicted molar refractivity (Wildman–Crippen MR) is 85.0 cm³/mol. The van der Waals surface area contributed by atoms with Crippen LogP contribution in [0.5, 0.6) is 0 Å². The van der Waals surface area contributed by atoms with Gasteiger partial charge in [0, 0.05) is 0 Å². The van der Waals surface area contributed by atoms with Crippen LogP contribution in [0.2, 0.25) is 5.02 Å². The van der Waals surface area contributed by atoms with Crippen molar-refractivity contribution in [3.63, 3.8) is 0 Å². The number of para-hydroxylation sites is 1. The molecule has 0 aliphatic rings. The van der Waals surface area contributed by atoms with Gasteiger partial charge in [0.2, 0.25) is 0 Å². The molecule has 3 aromatic rings. The van der Waals surface area contributed by atoms with Gasteiger partial charge in [0.15, 0.2) is 0 Å². The Labute approximate surface area is 132 Å². The molecule has 0 saturated carbocycles. The molecule has 0 fully saturated rings. The third-order valence-corrected chi connectivity index (χ3v) is 3.92. The predicted octanol–water partition coefficient (Wildman–Crippen LogP) is 5.43. The van der Waals surface area contributed by atoms with E-state index >= 15 is 0 Å². The highest BCUT2D eigenvalue weighted by atomic mass is 35.5. The zero-order valence-corrected chi connectivity index (χ0v) is 13.1. The summed E-state index contributed by atoms with van der Waals surface area (Å²) in [7, 11) is 0. The van der Waals surface area contributed by atoms with Gasteiger partial charge in [-0.1, -0.05) is 23.7 Å². The maximum atomic E-state index is 13.3. The van der Waals surface area contributed by atoms with Crippen LogP contribution in [0.25, 0.3) is 16.7 Å². The van der Waals surface area contributed by atoms with Gasteiger partial charge in [-0.15, -0.1) is 11.6 Å². The standard InChI is InChI=1S/C16H13Cl2FN2/c1-9-4-3-5-14-15(9)20-16(10(2)17)21(14)13-7-6-11(19)8-12(13)18/h3-8,10H,1-2H3. The van der Waals surface area contributed by atoms with Crippen LogP contribution in [0.4, 0.5) is 4.39 Å². The van der Waals surface area contributed by atoms with Gasteiger partial charge >= 0.3 is 0 Å². The molecule has 0 spiro atoms. The minimum atomic E-state index is -0.371. The summed E-state index contributed by atoms with van der Waals surface area (Å²) in [4.78, 5) is 4.63. The van der Waals surface area contributed by atoms with E-state index in [0.717, 1.165) is 16.6 Å². The van der Waals surface area contributed by atoms with Crippen molar-refractivity contribution in [3.05, 3.63) is 58.6 Å². The van der Waals surface area contributed by atoms with Gasteiger partial charge in [-0.2, -0.15) is 0 Å². The third kappa shape index (κ3) is 2.41. The Morgan fingerprint density at radius 1 is 1.24 bits per heavy atom. The van der Waals surface area contributed by atoms with Gasteiger partial charge in [0.05, 0.1) is 27.1 Å². The number of hydrogen-bond acceptors (Lipinski definition) is 1. The molecule has 1 heterocycles. The SMILES string of the molecule is Cc1cccc2c1nc(C(C)Cl)n2-c1ccc(F)cc1Cl. The van der Waals surface area contributed by atoms with E-state index in [1.54, 1.807) is 6.07 Å². The summed E-state index contributed by atoms with van der Waals surface area (Å²) in [5, 5.41) is 0.0345. The summed E-state index contributed by atoms with van der Waals surface area (Å²) in [6, 6.07) is 10.2. The van der Waals surface area contributed by atoms with Gasteiger partial charge in [-0.05, 0) is 43.7 Å². The normalized spacial score (nSPS) is 12.8. The molecule has 1 atom stereocenters. The molecule has 3 rings (SSSR count). The minimum absolute atomic E-state index is 0.294. The zero-order chi connectivity index (χ0) is 15.1. The maximum absolute atomic E-state index is 13.3. The van der Waals surface area contributed by atoms with E-state index in [0.29, 0.717) is 16.5 Å². The Hall–Kier alpha value is -1.58. The highest BCUT2D eigenvalue weighted by Gasteiger charge is 2.19. The summed E-state index contributed by atoms with van der Waals surface area (Å²) in [6.07, 6.45) is 0. The Balaban J connectivity index is 2.39. The first-order valence-electron chi connectivity index (χ1n) is 6.56. The fourth-order valence-corrected chi connectivity index (χ4v) is 2.84. The molecule has 0 radical (unpaired) electrons. The molecule has 1 unspecified atom stereocenters. The van der Waals surface area contributed by atoms with Crippen molar-refractivity contribution in [1.82, 2.24) is 9.55 Å². The number of hydrogen-bond donors (Lipinski definition) is 0. The Morgan fingerprint density at radius 3 is 2.67 bits per heavy atom. The second kappa shape index (κ2) is 5.32. The van der Waals surface area contributed by atoms with Gasteiger partial charge in [0.25, 0.3) is 0 Å². The van der Waals surface area contributed by atoms with E-state index in [1.165, 1.54) is 12.1 Å². The first kappa shape index (κ1) is 14.4. The Morgan fingerprint density at radius 2 is 2.00 bits per heavy atom. The second-order valence-corrected chi connectivity index (χ2v) is 6.02. The van der Waals surface area contributed by atoms with Crippen LogP contribution >= 0.6 is 23.2 Å². The van der Waals surface area contributed by atoms with Crippen LogP contribution in [0.1, 0.15) is 23.7 Å². The summed E-state index contributed by atoms with van der Waals surface area (Å²) >= 11 is 12.5. The summed E-state index contributed by atoms with van der Waals surface area (Å²) in [5.74, 6) is 0.319. The third-order valence-electron chi connectivity index (χ3n) is 3.42. The van der Waals surface area contributed by atoms with Crippen molar-refractivity contribution >= 4 is 34.2 Å². The molecule has 0 amide bonds. The van der Waals surface area contributed by atoms with Crippen molar-refractivity contribution in [2.45, 2.75) is 19.2 Å². The fraction of sp³-hybridized carbons (Fsp3) is 0.188. The van der Waals surface area contributed by atoms with E-state index in [-0.39, 0.29) is 11.2 Å². The molecular formula is C16H13Cl2FN2. The molecule has 1 aromatic heterocycles. The Kier molecular flexibility index (Phi) is 3.64. The topological polar surface area (TPSA) is 17.8 Å². The summed E-state index contributed by atoms with van der Waals surface area (Å²) < 4.78 is 15.2. The van der Waals surface area contributed by atoms with Crippen LogP contribution < -0.4 is 0 Å². The first-order valence-corrected chi connectivity index (χ1v) is 7.38. The van der Waals surface area contributed by atoms with E-state index < -0.39 is 0 Å². The number of alkyl halides is 1. The molecule has 0 N–H and O–H groups in total. The molecule has 21 heavy (non-hydrogen) atoms. The zero-order valence-electron chi connectivity index (χ0n) is 11.6. The number of nitrogens with zero attached hydrogens (tertiary/aromatic N) is 2. The number of fused-ring (bicyclic) bond motifs is 1. The first-order chi connectivity index (χ1) is 9.99. The molecule has 2 nitrogen and oxygen atoms in total. The fourth-order valence-electron chi connectivity index (χ4n) is 2.44. The Bertz CT molecular complexity index is 825. The van der Waals surface area contributed by atoms with Crippen molar-refractivity contribution < 1.29 is 4.39 Å². The number of imidazole rings is 1. The lowest BCUT2D eigenvalue weighted by Gasteiger charge is -2.12. The highest BCUT2D eigenvalue weighted by molar-refractivity contribution is 6.32. The van der Waals surface area contributed by atoms with Gasteiger partial charge < -0.3 is 0 Å². The molecule has 5 heteroatoms. The lowest BCUT2D eigenvalue weighted by Crippen LogP contribution is -2.02. The molecule has 0 aliphatic heterocycles. The molecule has 0 saturated heterocycles. The number of aryl methyl sites for hydroxylation is 1. The molecule has 108 valence electrons. The van der Waals surface area contributed by atoms with Crippen molar-refractivity contribution in [1.29, 1.82) is 0 Å². The van der Waals surface area contributed by atoms with Crippen LogP contribution in [0, 0.1) is 12.7 Å². The van der Waals surface area contributed by atoms with E-state index in [4.69, 9.17) is 23.2 Å². The summed E-state index contributed by atoms with van der Waals surface area (Å²) in [5.41, 5.74) is 3.52. The van der Waals surface area contributed by atoms with Crippen molar-refractivity contribution in [2.24, 2.45) is 0 Å². The van der Waals surface area contributed by atoms with Crippen LogP contribution in [0.15, 0.2) is 36.4 Å². The number of rotatable bonds is 2. The van der Waals surface area contributed by atoms with Crippen molar-refractivity contribution in [2.75, 3.05) is 0 Å². The van der Waals surface area contributed by atoms with E-state index in [2.05, 4.69) is 4.98 Å².